The van der Waals surface area contributed by atoms with Crippen LogP contribution in [0.3, 0.4) is 0 Å². The number of halogens is 3. The molecule has 1 aromatic carbocycles. The van der Waals surface area contributed by atoms with Crippen molar-refractivity contribution in [3.8, 4) is 11.1 Å². The maximum Gasteiger partial charge on any atom is 0.325 e. The molecule has 2 aliphatic rings. The summed E-state index contributed by atoms with van der Waals surface area (Å²) in [6, 6.07) is 7.16. The van der Waals surface area contributed by atoms with E-state index in [-0.39, 0.29) is 18.4 Å². The topological polar surface area (TPSA) is 79.4 Å². The van der Waals surface area contributed by atoms with Gasteiger partial charge in [0.15, 0.2) is 5.78 Å². The Bertz CT molecular complexity index is 1030. The van der Waals surface area contributed by atoms with Crippen LogP contribution in [-0.2, 0) is 11.5 Å². The van der Waals surface area contributed by atoms with E-state index in [4.69, 9.17) is 0 Å². The van der Waals surface area contributed by atoms with Crippen molar-refractivity contribution in [3.63, 3.8) is 0 Å². The van der Waals surface area contributed by atoms with Crippen molar-refractivity contribution in [1.29, 1.82) is 0 Å². The van der Waals surface area contributed by atoms with E-state index in [2.05, 4.69) is 10.3 Å². The van der Waals surface area contributed by atoms with Crippen molar-refractivity contribution in [2.24, 2.45) is 0 Å². The Balaban J connectivity index is 1.47. The maximum absolute atomic E-state index is 13.5. The van der Waals surface area contributed by atoms with Gasteiger partial charge < -0.3 is 5.32 Å². The molecule has 9 heteroatoms. The molecular formula is C22H20F3N3O3. The van der Waals surface area contributed by atoms with E-state index in [1.54, 1.807) is 18.2 Å². The molecular weight excluding hydrogens is 411 g/mol. The number of amides is 3. The Labute approximate surface area is 176 Å². The smallest absolute Gasteiger partial charge is 0.323 e. The molecule has 31 heavy (non-hydrogen) atoms. The standard InChI is InChI=1S/C22H20F3N3O3/c23-11-16-5-10-26-12-17(16)14-1-3-15(4-2-14)18(29)13-28-19(30)21(27-20(28)31)6-8-22(24,25)9-7-21/h1-5,10,12H,6-9,11,13H2,(H,27,31). The van der Waals surface area contributed by atoms with E-state index in [1.807, 2.05) is 0 Å². The molecule has 4 rings (SSSR count). The molecule has 1 spiro atoms. The van der Waals surface area contributed by atoms with Gasteiger partial charge in [-0.15, -0.1) is 0 Å². The molecule has 2 fully saturated rings. The fraction of sp³-hybridized carbons (Fsp3) is 0.364. The van der Waals surface area contributed by atoms with Crippen molar-refractivity contribution in [2.75, 3.05) is 6.54 Å². The molecule has 0 unspecified atom stereocenters. The number of nitrogens with zero attached hydrogens (tertiary/aromatic N) is 2. The monoisotopic (exact) mass is 431 g/mol. The molecule has 0 radical (unpaired) electrons. The lowest BCUT2D eigenvalue weighted by molar-refractivity contribution is -0.135. The molecule has 1 aromatic heterocycles. The van der Waals surface area contributed by atoms with Crippen LogP contribution < -0.4 is 5.32 Å². The third-order valence-corrected chi connectivity index (χ3v) is 5.96. The van der Waals surface area contributed by atoms with E-state index >= 15 is 0 Å². The summed E-state index contributed by atoms with van der Waals surface area (Å²) in [6.07, 6.45) is 1.73. The van der Waals surface area contributed by atoms with Crippen molar-refractivity contribution >= 4 is 17.7 Å². The summed E-state index contributed by atoms with van der Waals surface area (Å²) in [4.78, 5) is 42.5. The number of nitrogens with one attached hydrogen (secondary N) is 1. The molecule has 162 valence electrons. The van der Waals surface area contributed by atoms with Gasteiger partial charge in [-0.2, -0.15) is 0 Å². The van der Waals surface area contributed by atoms with Crippen LogP contribution in [0, 0.1) is 0 Å². The highest BCUT2D eigenvalue weighted by Gasteiger charge is 2.55. The Morgan fingerprint density at radius 2 is 1.74 bits per heavy atom. The normalized spacial score (nSPS) is 19.5. The fourth-order valence-electron chi connectivity index (χ4n) is 4.07. The predicted molar refractivity (Wildman–Crippen MR) is 105 cm³/mol. The molecule has 1 aliphatic carbocycles. The molecule has 1 saturated heterocycles. The summed E-state index contributed by atoms with van der Waals surface area (Å²) in [5.74, 6) is -3.96. The van der Waals surface area contributed by atoms with Gasteiger partial charge in [0, 0.05) is 36.4 Å². The highest BCUT2D eigenvalue weighted by molar-refractivity contribution is 6.11. The number of aromatic nitrogens is 1. The van der Waals surface area contributed by atoms with Crippen molar-refractivity contribution in [1.82, 2.24) is 15.2 Å². The minimum absolute atomic E-state index is 0.161. The second kappa shape index (κ2) is 7.79. The number of Topliss-reactive ketones (excluding diaryl/α,β-unsaturated/α-hetero) is 1. The zero-order valence-electron chi connectivity index (χ0n) is 16.5. The number of ketones is 1. The highest BCUT2D eigenvalue weighted by atomic mass is 19.3. The van der Waals surface area contributed by atoms with Gasteiger partial charge in [0.25, 0.3) is 5.91 Å². The number of alkyl halides is 3. The van der Waals surface area contributed by atoms with Gasteiger partial charge in [-0.25, -0.2) is 18.0 Å². The van der Waals surface area contributed by atoms with Gasteiger partial charge in [0.2, 0.25) is 5.92 Å². The van der Waals surface area contributed by atoms with Gasteiger partial charge >= 0.3 is 6.03 Å². The second-order valence-electron chi connectivity index (χ2n) is 7.93. The predicted octanol–water partition coefficient (Wildman–Crippen LogP) is 3.90. The lowest BCUT2D eigenvalue weighted by Gasteiger charge is -2.34. The van der Waals surface area contributed by atoms with Gasteiger partial charge in [-0.05, 0) is 30.0 Å². The number of hydrogen-bond acceptors (Lipinski definition) is 4. The van der Waals surface area contributed by atoms with Gasteiger partial charge in [-0.3, -0.25) is 19.5 Å². The SMILES string of the molecule is O=C(CN1C(=O)NC2(CCC(F)(F)CC2)C1=O)c1ccc(-c2cnccc2CF)cc1. The third kappa shape index (κ3) is 3.92. The summed E-state index contributed by atoms with van der Waals surface area (Å²) < 4.78 is 40.1. The van der Waals surface area contributed by atoms with Crippen LogP contribution in [0.1, 0.15) is 41.6 Å². The number of imide groups is 1. The average molecular weight is 431 g/mol. The molecule has 1 N–H and O–H groups in total. The van der Waals surface area contributed by atoms with E-state index in [0.717, 1.165) is 4.90 Å². The van der Waals surface area contributed by atoms with Crippen LogP contribution in [-0.4, -0.2) is 45.6 Å². The molecule has 6 nitrogen and oxygen atoms in total. The lowest BCUT2D eigenvalue weighted by Crippen LogP contribution is -2.51. The molecule has 3 amide bonds. The molecule has 2 heterocycles. The molecule has 1 saturated carbocycles. The third-order valence-electron chi connectivity index (χ3n) is 5.96. The number of rotatable bonds is 5. The zero-order chi connectivity index (χ0) is 22.2. The second-order valence-corrected chi connectivity index (χ2v) is 7.93. The van der Waals surface area contributed by atoms with E-state index in [9.17, 15) is 27.6 Å². The summed E-state index contributed by atoms with van der Waals surface area (Å²) in [7, 11) is 0. The summed E-state index contributed by atoms with van der Waals surface area (Å²) in [5.41, 5.74) is 0.665. The van der Waals surface area contributed by atoms with Crippen LogP contribution in [0.5, 0.6) is 0 Å². The molecule has 0 bridgehead atoms. The fourth-order valence-corrected chi connectivity index (χ4v) is 4.07. The summed E-state index contributed by atoms with van der Waals surface area (Å²) >= 11 is 0. The first-order chi connectivity index (χ1) is 14.7. The van der Waals surface area contributed by atoms with E-state index < -0.39 is 55.2 Å². The first-order valence-corrected chi connectivity index (χ1v) is 9.89. The van der Waals surface area contributed by atoms with Crippen LogP contribution in [0.2, 0.25) is 0 Å². The van der Waals surface area contributed by atoms with Crippen LogP contribution >= 0.6 is 0 Å². The summed E-state index contributed by atoms with van der Waals surface area (Å²) in [6.45, 7) is -1.14. The molecule has 1 aliphatic heterocycles. The largest absolute Gasteiger partial charge is 0.325 e. The Morgan fingerprint density at radius 3 is 2.39 bits per heavy atom. The summed E-state index contributed by atoms with van der Waals surface area (Å²) in [5, 5.41) is 2.52. The van der Waals surface area contributed by atoms with Gasteiger partial charge in [0.05, 0.1) is 6.54 Å². The lowest BCUT2D eigenvalue weighted by atomic mass is 9.80. The Hall–Kier alpha value is -3.23. The Kier molecular flexibility index (Phi) is 5.28. The van der Waals surface area contributed by atoms with E-state index in [0.29, 0.717) is 16.7 Å². The number of carbonyl (C=O) groups is 3. The van der Waals surface area contributed by atoms with Crippen molar-refractivity contribution in [3.05, 3.63) is 53.9 Å². The number of urea groups is 1. The average Bonchev–Trinajstić information content (AvgIpc) is 3.00. The number of hydrogen-bond donors (Lipinski definition) is 1. The quantitative estimate of drug-likeness (QED) is 0.575. The Morgan fingerprint density at radius 1 is 1.06 bits per heavy atom. The minimum atomic E-state index is -2.85. The van der Waals surface area contributed by atoms with Crippen LogP contribution in [0.4, 0.5) is 18.0 Å². The highest BCUT2D eigenvalue weighted by Crippen LogP contribution is 2.41. The number of benzene rings is 1. The van der Waals surface area contributed by atoms with Crippen LogP contribution in [0.15, 0.2) is 42.7 Å². The minimum Gasteiger partial charge on any atom is -0.323 e. The first kappa shape index (κ1) is 21.0. The number of carbonyl (C=O) groups excluding carboxylic acids is 3. The van der Waals surface area contributed by atoms with Crippen molar-refractivity contribution in [2.45, 2.75) is 43.8 Å². The molecule has 0 atom stereocenters. The zero-order valence-corrected chi connectivity index (χ0v) is 16.5. The van der Waals surface area contributed by atoms with Crippen LogP contribution in [0.25, 0.3) is 11.1 Å². The number of pyridine rings is 1. The molecule has 2 aromatic rings. The first-order valence-electron chi connectivity index (χ1n) is 9.89. The van der Waals surface area contributed by atoms with E-state index in [1.165, 1.54) is 24.5 Å². The maximum atomic E-state index is 13.5. The van der Waals surface area contributed by atoms with Gasteiger partial charge in [0.1, 0.15) is 12.2 Å². The van der Waals surface area contributed by atoms with Crippen molar-refractivity contribution < 1.29 is 27.6 Å². The van der Waals surface area contributed by atoms with Gasteiger partial charge in [-0.1, -0.05) is 24.3 Å².